The van der Waals surface area contributed by atoms with Gasteiger partial charge >= 0.3 is 0 Å². The summed E-state index contributed by atoms with van der Waals surface area (Å²) in [4.78, 5) is 18.5. The normalized spacial score (nSPS) is 22.1. The summed E-state index contributed by atoms with van der Waals surface area (Å²) in [6.45, 7) is 1.46. The van der Waals surface area contributed by atoms with E-state index in [0.29, 0.717) is 12.6 Å². The number of pyridine rings is 1. The van der Waals surface area contributed by atoms with Crippen LogP contribution >= 0.6 is 0 Å². The van der Waals surface area contributed by atoms with Gasteiger partial charge in [0.2, 0.25) is 5.91 Å². The molecule has 1 amide bonds. The second kappa shape index (κ2) is 4.90. The average molecular weight is 243 g/mol. The molecule has 2 heterocycles. The van der Waals surface area contributed by atoms with Gasteiger partial charge in [0.15, 0.2) is 0 Å². The Kier molecular flexibility index (Phi) is 3.11. The maximum Gasteiger partial charge on any atom is 0.244 e. The Balaban J connectivity index is 1.72. The van der Waals surface area contributed by atoms with Gasteiger partial charge < -0.3 is 4.90 Å². The third kappa shape index (κ3) is 2.43. The van der Waals surface area contributed by atoms with Crippen molar-refractivity contribution in [3.63, 3.8) is 0 Å². The quantitative estimate of drug-likeness (QED) is 0.805. The summed E-state index contributed by atoms with van der Waals surface area (Å²) >= 11 is 0. The molecular formula is C14H17N3O. The maximum absolute atomic E-state index is 12.4. The van der Waals surface area contributed by atoms with Crippen LogP contribution in [0.5, 0.6) is 0 Å². The summed E-state index contributed by atoms with van der Waals surface area (Å²) in [5, 5.41) is 3.19. The van der Waals surface area contributed by atoms with Crippen LogP contribution < -0.4 is 5.32 Å². The van der Waals surface area contributed by atoms with E-state index in [2.05, 4.69) is 10.3 Å². The summed E-state index contributed by atoms with van der Waals surface area (Å²) in [5.74, 6) is 0.190. The van der Waals surface area contributed by atoms with Gasteiger partial charge in [-0.3, -0.25) is 15.1 Å². The van der Waals surface area contributed by atoms with Crippen molar-refractivity contribution in [1.82, 2.24) is 15.2 Å². The highest BCUT2D eigenvalue weighted by Gasteiger charge is 2.35. The SMILES string of the molecule is O=C(C1C=CCN1)N(Cc1cccnc1)C1CC1. The summed E-state index contributed by atoms with van der Waals surface area (Å²) in [7, 11) is 0. The lowest BCUT2D eigenvalue weighted by atomic mass is 10.2. The Morgan fingerprint density at radius 1 is 1.50 bits per heavy atom. The van der Waals surface area contributed by atoms with Gasteiger partial charge in [0.05, 0.1) is 0 Å². The molecule has 4 nitrogen and oxygen atoms in total. The second-order valence-electron chi connectivity index (χ2n) is 4.87. The minimum absolute atomic E-state index is 0.137. The van der Waals surface area contributed by atoms with Crippen LogP contribution in [0.15, 0.2) is 36.7 Å². The highest BCUT2D eigenvalue weighted by Crippen LogP contribution is 2.29. The Morgan fingerprint density at radius 2 is 2.39 bits per heavy atom. The van der Waals surface area contributed by atoms with Crippen LogP contribution in [0.2, 0.25) is 0 Å². The molecule has 1 aromatic heterocycles. The molecule has 0 radical (unpaired) electrons. The number of carbonyl (C=O) groups is 1. The third-order valence-corrected chi connectivity index (χ3v) is 3.40. The van der Waals surface area contributed by atoms with Gasteiger partial charge in [-0.05, 0) is 24.5 Å². The molecule has 1 aliphatic heterocycles. The van der Waals surface area contributed by atoms with Gasteiger partial charge in [-0.25, -0.2) is 0 Å². The molecule has 3 rings (SSSR count). The van der Waals surface area contributed by atoms with Crippen LogP contribution in [0, 0.1) is 0 Å². The summed E-state index contributed by atoms with van der Waals surface area (Å²) in [6, 6.07) is 4.22. The van der Waals surface area contributed by atoms with Crippen molar-refractivity contribution in [2.24, 2.45) is 0 Å². The standard InChI is InChI=1S/C14H17N3O/c18-14(13-4-2-8-16-13)17(12-5-6-12)10-11-3-1-7-15-9-11/h1-4,7,9,12-13,16H,5-6,8,10H2. The predicted octanol–water partition coefficient (Wildman–Crippen LogP) is 1.10. The fourth-order valence-electron chi connectivity index (χ4n) is 2.28. The third-order valence-electron chi connectivity index (χ3n) is 3.40. The van der Waals surface area contributed by atoms with Gasteiger partial charge in [0.25, 0.3) is 0 Å². The minimum Gasteiger partial charge on any atom is -0.334 e. The van der Waals surface area contributed by atoms with Gasteiger partial charge in [-0.1, -0.05) is 18.2 Å². The van der Waals surface area contributed by atoms with Crippen LogP contribution in [-0.4, -0.2) is 34.4 Å². The first-order valence-corrected chi connectivity index (χ1v) is 6.44. The van der Waals surface area contributed by atoms with Crippen LogP contribution in [0.4, 0.5) is 0 Å². The number of carbonyl (C=O) groups excluding carboxylic acids is 1. The maximum atomic E-state index is 12.4. The predicted molar refractivity (Wildman–Crippen MR) is 68.7 cm³/mol. The molecule has 1 aromatic rings. The largest absolute Gasteiger partial charge is 0.334 e. The van der Waals surface area contributed by atoms with Gasteiger partial charge in [-0.15, -0.1) is 0 Å². The molecule has 18 heavy (non-hydrogen) atoms. The fraction of sp³-hybridized carbons (Fsp3) is 0.429. The lowest BCUT2D eigenvalue weighted by Gasteiger charge is -2.25. The molecule has 1 saturated carbocycles. The van der Waals surface area contributed by atoms with Gasteiger partial charge in [0.1, 0.15) is 6.04 Å². The molecule has 0 spiro atoms. The number of aromatic nitrogens is 1. The van der Waals surface area contributed by atoms with E-state index in [9.17, 15) is 4.79 Å². The highest BCUT2D eigenvalue weighted by molar-refractivity contribution is 5.84. The van der Waals surface area contributed by atoms with E-state index in [1.165, 1.54) is 0 Å². The summed E-state index contributed by atoms with van der Waals surface area (Å²) < 4.78 is 0. The Hall–Kier alpha value is -1.68. The molecule has 0 aromatic carbocycles. The lowest BCUT2D eigenvalue weighted by Crippen LogP contribution is -2.44. The monoisotopic (exact) mass is 243 g/mol. The van der Waals surface area contributed by atoms with E-state index in [-0.39, 0.29) is 11.9 Å². The number of rotatable bonds is 4. The van der Waals surface area contributed by atoms with Gasteiger partial charge in [-0.2, -0.15) is 0 Å². The molecule has 1 unspecified atom stereocenters. The average Bonchev–Trinajstić information content (AvgIpc) is 3.10. The van der Waals surface area contributed by atoms with Crippen LogP contribution in [0.25, 0.3) is 0 Å². The zero-order valence-corrected chi connectivity index (χ0v) is 10.2. The van der Waals surface area contributed by atoms with E-state index in [1.54, 1.807) is 6.20 Å². The molecular weight excluding hydrogens is 226 g/mol. The first-order chi connectivity index (χ1) is 8.84. The highest BCUT2D eigenvalue weighted by atomic mass is 16.2. The zero-order valence-electron chi connectivity index (χ0n) is 10.2. The first-order valence-electron chi connectivity index (χ1n) is 6.44. The summed E-state index contributed by atoms with van der Waals surface area (Å²) in [6.07, 6.45) is 9.82. The van der Waals surface area contributed by atoms with Crippen LogP contribution in [0.1, 0.15) is 18.4 Å². The van der Waals surface area contributed by atoms with E-state index in [4.69, 9.17) is 0 Å². The lowest BCUT2D eigenvalue weighted by molar-refractivity contribution is -0.133. The van der Waals surface area contributed by atoms with Crippen molar-refractivity contribution in [3.05, 3.63) is 42.2 Å². The van der Waals surface area contributed by atoms with Crippen molar-refractivity contribution in [3.8, 4) is 0 Å². The fourth-order valence-corrected chi connectivity index (χ4v) is 2.28. The Morgan fingerprint density at radius 3 is 3.00 bits per heavy atom. The van der Waals surface area contributed by atoms with Crippen molar-refractivity contribution in [1.29, 1.82) is 0 Å². The molecule has 2 aliphatic rings. The first kappa shape index (κ1) is 11.4. The van der Waals surface area contributed by atoms with E-state index >= 15 is 0 Å². The van der Waals surface area contributed by atoms with Crippen molar-refractivity contribution >= 4 is 5.91 Å². The molecule has 1 fully saturated rings. The van der Waals surface area contributed by atoms with Crippen molar-refractivity contribution < 1.29 is 4.79 Å². The van der Waals surface area contributed by atoms with Crippen molar-refractivity contribution in [2.45, 2.75) is 31.5 Å². The van der Waals surface area contributed by atoms with Crippen LogP contribution in [-0.2, 0) is 11.3 Å². The van der Waals surface area contributed by atoms with Gasteiger partial charge in [0, 0.05) is 31.5 Å². The second-order valence-corrected chi connectivity index (χ2v) is 4.87. The minimum atomic E-state index is -0.137. The molecule has 1 aliphatic carbocycles. The Bertz CT molecular complexity index is 453. The Labute approximate surface area is 107 Å². The van der Waals surface area contributed by atoms with Crippen molar-refractivity contribution in [2.75, 3.05) is 6.54 Å². The number of amides is 1. The molecule has 1 N–H and O–H groups in total. The summed E-state index contributed by atoms with van der Waals surface area (Å²) in [5.41, 5.74) is 1.10. The molecule has 0 bridgehead atoms. The number of hydrogen-bond donors (Lipinski definition) is 1. The topological polar surface area (TPSA) is 45.2 Å². The number of nitrogens with one attached hydrogen (secondary N) is 1. The molecule has 4 heteroatoms. The molecule has 94 valence electrons. The van der Waals surface area contributed by atoms with E-state index in [1.807, 2.05) is 35.4 Å². The van der Waals surface area contributed by atoms with Crippen LogP contribution in [0.3, 0.4) is 0 Å². The van der Waals surface area contributed by atoms with E-state index in [0.717, 1.165) is 24.9 Å². The number of nitrogens with zero attached hydrogens (tertiary/aromatic N) is 2. The molecule has 1 atom stereocenters. The zero-order chi connectivity index (χ0) is 12.4. The smallest absolute Gasteiger partial charge is 0.244 e. The van der Waals surface area contributed by atoms with E-state index < -0.39 is 0 Å². The molecule has 0 saturated heterocycles. The number of hydrogen-bond acceptors (Lipinski definition) is 3.